The predicted molar refractivity (Wildman–Crippen MR) is 76.2 cm³/mol. The quantitative estimate of drug-likeness (QED) is 0.870. The molecule has 0 saturated heterocycles. The predicted octanol–water partition coefficient (Wildman–Crippen LogP) is 1.82. The Bertz CT molecular complexity index is 448. The fraction of sp³-hybridized carbons (Fsp3) is 0.533. The van der Waals surface area contributed by atoms with Gasteiger partial charge in [0, 0.05) is 24.8 Å². The molecular formula is C15H22N2O2. The van der Waals surface area contributed by atoms with Crippen LogP contribution < -0.4 is 5.32 Å². The van der Waals surface area contributed by atoms with Gasteiger partial charge in [0.1, 0.15) is 0 Å². The number of carbonyl (C=O) groups excluding carboxylic acids is 1. The molecule has 0 fully saturated rings. The molecule has 2 N–H and O–H groups in total. The molecule has 1 aromatic rings. The molecule has 1 aliphatic heterocycles. The van der Waals surface area contributed by atoms with E-state index in [0.29, 0.717) is 13.1 Å². The number of hydrogen-bond donors (Lipinski definition) is 2. The summed E-state index contributed by atoms with van der Waals surface area (Å²) in [4.78, 5) is 14.4. The largest absolute Gasteiger partial charge is 0.395 e. The van der Waals surface area contributed by atoms with Crippen LogP contribution in [0.25, 0.3) is 0 Å². The van der Waals surface area contributed by atoms with E-state index in [1.807, 2.05) is 31.2 Å². The summed E-state index contributed by atoms with van der Waals surface area (Å²) in [7, 11) is 0. The summed E-state index contributed by atoms with van der Waals surface area (Å²) in [6.45, 7) is 5.11. The van der Waals surface area contributed by atoms with Crippen LogP contribution in [0, 0.1) is 0 Å². The topological polar surface area (TPSA) is 52.6 Å². The van der Waals surface area contributed by atoms with Crippen LogP contribution in [0.5, 0.6) is 0 Å². The average molecular weight is 262 g/mol. The third-order valence-electron chi connectivity index (χ3n) is 3.69. The van der Waals surface area contributed by atoms with Crippen LogP contribution in [0.1, 0.15) is 31.7 Å². The summed E-state index contributed by atoms with van der Waals surface area (Å²) >= 11 is 0. The standard InChI is InChI=1S/C15H22N2O2/c1-3-17(8-9-18)15(19)13-10-11(2)16-14-7-5-4-6-12(13)14/h4-7,11,13,16,18H,3,8-10H2,1-2H3. The maximum atomic E-state index is 12.6. The highest BCUT2D eigenvalue weighted by Gasteiger charge is 2.31. The van der Waals surface area contributed by atoms with E-state index < -0.39 is 0 Å². The Labute approximate surface area is 114 Å². The van der Waals surface area contributed by atoms with Gasteiger partial charge in [0.25, 0.3) is 0 Å². The molecule has 4 nitrogen and oxygen atoms in total. The summed E-state index contributed by atoms with van der Waals surface area (Å²) in [6, 6.07) is 8.28. The summed E-state index contributed by atoms with van der Waals surface area (Å²) in [5.41, 5.74) is 2.13. The van der Waals surface area contributed by atoms with E-state index in [-0.39, 0.29) is 24.5 Å². The van der Waals surface area contributed by atoms with Gasteiger partial charge < -0.3 is 15.3 Å². The third-order valence-corrected chi connectivity index (χ3v) is 3.69. The summed E-state index contributed by atoms with van der Waals surface area (Å²) in [5.74, 6) is 0.0244. The number of aliphatic hydroxyl groups is 1. The minimum Gasteiger partial charge on any atom is -0.395 e. The maximum absolute atomic E-state index is 12.6. The van der Waals surface area contributed by atoms with Gasteiger partial charge in [0.05, 0.1) is 12.5 Å². The van der Waals surface area contributed by atoms with Crippen molar-refractivity contribution < 1.29 is 9.90 Å². The van der Waals surface area contributed by atoms with Gasteiger partial charge in [0.15, 0.2) is 0 Å². The molecule has 2 rings (SSSR count). The lowest BCUT2D eigenvalue weighted by atomic mass is 9.86. The van der Waals surface area contributed by atoms with E-state index >= 15 is 0 Å². The molecule has 1 aromatic carbocycles. The SMILES string of the molecule is CCN(CCO)C(=O)C1CC(C)Nc2ccccc21. The number of hydrogen-bond acceptors (Lipinski definition) is 3. The van der Waals surface area contributed by atoms with Crippen LogP contribution in [-0.2, 0) is 4.79 Å². The smallest absolute Gasteiger partial charge is 0.230 e. The molecule has 0 radical (unpaired) electrons. The van der Waals surface area contributed by atoms with E-state index in [9.17, 15) is 4.79 Å². The highest BCUT2D eigenvalue weighted by molar-refractivity contribution is 5.86. The third kappa shape index (κ3) is 2.89. The molecule has 0 bridgehead atoms. The monoisotopic (exact) mass is 262 g/mol. The normalized spacial score (nSPS) is 21.4. The van der Waals surface area contributed by atoms with Crippen molar-refractivity contribution in [3.63, 3.8) is 0 Å². The maximum Gasteiger partial charge on any atom is 0.230 e. The number of para-hydroxylation sites is 1. The van der Waals surface area contributed by atoms with E-state index in [1.54, 1.807) is 4.90 Å². The van der Waals surface area contributed by atoms with Crippen molar-refractivity contribution in [2.45, 2.75) is 32.2 Å². The molecule has 1 amide bonds. The number of amides is 1. The van der Waals surface area contributed by atoms with Gasteiger partial charge >= 0.3 is 0 Å². The Morgan fingerprint density at radius 1 is 1.47 bits per heavy atom. The van der Waals surface area contributed by atoms with Crippen LogP contribution in [0.15, 0.2) is 24.3 Å². The van der Waals surface area contributed by atoms with Crippen LogP contribution in [0.2, 0.25) is 0 Å². The molecule has 0 aliphatic carbocycles. The number of aliphatic hydroxyl groups excluding tert-OH is 1. The van der Waals surface area contributed by atoms with Crippen molar-refractivity contribution in [3.8, 4) is 0 Å². The zero-order chi connectivity index (χ0) is 13.8. The molecule has 19 heavy (non-hydrogen) atoms. The van der Waals surface area contributed by atoms with Crippen molar-refractivity contribution in [2.75, 3.05) is 25.0 Å². The Kier molecular flexibility index (Phi) is 4.43. The number of rotatable bonds is 4. The number of fused-ring (bicyclic) bond motifs is 1. The summed E-state index contributed by atoms with van der Waals surface area (Å²) in [5, 5.41) is 12.5. The lowest BCUT2D eigenvalue weighted by molar-refractivity contribution is -0.133. The second-order valence-corrected chi connectivity index (χ2v) is 5.06. The molecule has 1 aliphatic rings. The molecule has 0 spiro atoms. The minimum atomic E-state index is -0.0982. The number of nitrogens with one attached hydrogen (secondary N) is 1. The zero-order valence-electron chi connectivity index (χ0n) is 11.6. The van der Waals surface area contributed by atoms with Gasteiger partial charge in [-0.2, -0.15) is 0 Å². The first-order chi connectivity index (χ1) is 9.17. The minimum absolute atomic E-state index is 0.0156. The van der Waals surface area contributed by atoms with Crippen LogP contribution in [-0.4, -0.2) is 41.7 Å². The van der Waals surface area contributed by atoms with Crippen molar-refractivity contribution in [1.29, 1.82) is 0 Å². The zero-order valence-corrected chi connectivity index (χ0v) is 11.6. The number of likely N-dealkylation sites (N-methyl/N-ethyl adjacent to an activating group) is 1. The van der Waals surface area contributed by atoms with Gasteiger partial charge in [-0.1, -0.05) is 18.2 Å². The van der Waals surface area contributed by atoms with Gasteiger partial charge in [-0.05, 0) is 31.9 Å². The number of benzene rings is 1. The lowest BCUT2D eigenvalue weighted by Crippen LogP contribution is -2.40. The van der Waals surface area contributed by atoms with E-state index in [2.05, 4.69) is 12.2 Å². The molecule has 104 valence electrons. The highest BCUT2D eigenvalue weighted by Crippen LogP contribution is 2.35. The summed E-state index contributed by atoms with van der Waals surface area (Å²) < 4.78 is 0. The Morgan fingerprint density at radius 3 is 2.89 bits per heavy atom. The van der Waals surface area contributed by atoms with Gasteiger partial charge in [-0.3, -0.25) is 4.79 Å². The highest BCUT2D eigenvalue weighted by atomic mass is 16.3. The van der Waals surface area contributed by atoms with Crippen molar-refractivity contribution in [2.24, 2.45) is 0 Å². The summed E-state index contributed by atoms with van der Waals surface area (Å²) in [6.07, 6.45) is 0.803. The molecule has 1 heterocycles. The lowest BCUT2D eigenvalue weighted by Gasteiger charge is -2.33. The van der Waals surface area contributed by atoms with E-state index in [1.165, 1.54) is 0 Å². The Hall–Kier alpha value is -1.55. The number of nitrogens with zero attached hydrogens (tertiary/aromatic N) is 1. The van der Waals surface area contributed by atoms with Crippen molar-refractivity contribution in [1.82, 2.24) is 4.90 Å². The van der Waals surface area contributed by atoms with Crippen molar-refractivity contribution >= 4 is 11.6 Å². The first-order valence-corrected chi connectivity index (χ1v) is 6.92. The molecular weight excluding hydrogens is 240 g/mol. The fourth-order valence-corrected chi connectivity index (χ4v) is 2.74. The second-order valence-electron chi connectivity index (χ2n) is 5.06. The Balaban J connectivity index is 2.26. The van der Waals surface area contributed by atoms with Crippen molar-refractivity contribution in [3.05, 3.63) is 29.8 Å². The Morgan fingerprint density at radius 2 is 2.21 bits per heavy atom. The number of carbonyl (C=O) groups is 1. The molecule has 4 heteroatoms. The molecule has 0 saturated carbocycles. The number of anilines is 1. The second kappa shape index (κ2) is 6.06. The average Bonchev–Trinajstić information content (AvgIpc) is 2.43. The fourth-order valence-electron chi connectivity index (χ4n) is 2.74. The molecule has 2 atom stereocenters. The van der Waals surface area contributed by atoms with Crippen LogP contribution >= 0.6 is 0 Å². The van der Waals surface area contributed by atoms with E-state index in [0.717, 1.165) is 17.7 Å². The molecule has 0 aromatic heterocycles. The first-order valence-electron chi connectivity index (χ1n) is 6.92. The van der Waals surface area contributed by atoms with Crippen LogP contribution in [0.3, 0.4) is 0 Å². The van der Waals surface area contributed by atoms with Crippen LogP contribution in [0.4, 0.5) is 5.69 Å². The van der Waals surface area contributed by atoms with Gasteiger partial charge in [0.2, 0.25) is 5.91 Å². The molecule has 2 unspecified atom stereocenters. The van der Waals surface area contributed by atoms with Gasteiger partial charge in [-0.15, -0.1) is 0 Å². The first kappa shape index (κ1) is 13.9. The van der Waals surface area contributed by atoms with E-state index in [4.69, 9.17) is 5.11 Å². The van der Waals surface area contributed by atoms with Gasteiger partial charge in [-0.25, -0.2) is 0 Å².